The van der Waals surface area contributed by atoms with Gasteiger partial charge in [-0.1, -0.05) is 0 Å². The number of hydrogen-bond acceptors (Lipinski definition) is 0. The van der Waals surface area contributed by atoms with Crippen LogP contribution in [0.2, 0.25) is 23.4 Å². The van der Waals surface area contributed by atoms with Crippen molar-refractivity contribution >= 4 is 40.0 Å². The van der Waals surface area contributed by atoms with E-state index >= 15 is 0 Å². The number of unbranched alkanes of at least 4 members (excludes halogenated alkanes) is 2. The van der Waals surface area contributed by atoms with Gasteiger partial charge in [0.15, 0.2) is 0 Å². The van der Waals surface area contributed by atoms with Crippen LogP contribution in [0.15, 0.2) is 83.9 Å². The third kappa shape index (κ3) is 3.61. The van der Waals surface area contributed by atoms with E-state index in [9.17, 15) is 0 Å². The Morgan fingerprint density at radius 1 is 0.600 bits per heavy atom. The van der Waals surface area contributed by atoms with Gasteiger partial charge in [0.1, 0.15) is 0 Å². The zero-order valence-electron chi connectivity index (χ0n) is 25.3. The van der Waals surface area contributed by atoms with Crippen molar-refractivity contribution < 1.29 is 17.1 Å². The molecule has 1 aliphatic heterocycles. The SMILES string of the molecule is CCCCC1=C2c3c(ccc4ccccc34)[CH]1[Nb]([CH3])([CH3])[CH]1C(CCCC)=C(c3c1ccc1ccccc31)[Si]2(C)C. The molecule has 0 radical (unpaired) electrons. The van der Waals surface area contributed by atoms with Gasteiger partial charge in [-0.2, -0.15) is 0 Å². The van der Waals surface area contributed by atoms with Crippen LogP contribution in [0, 0.1) is 0 Å². The van der Waals surface area contributed by atoms with Crippen LogP contribution < -0.4 is 0 Å². The molecule has 4 bridgehead atoms. The van der Waals surface area contributed by atoms with Gasteiger partial charge in [-0.15, -0.1) is 0 Å². The summed E-state index contributed by atoms with van der Waals surface area (Å²) in [6.45, 7) is 10.2. The number of rotatable bonds is 6. The van der Waals surface area contributed by atoms with Crippen LogP contribution in [0.25, 0.3) is 31.9 Å². The molecular formula is C38H44NbSi. The summed E-state index contributed by atoms with van der Waals surface area (Å²) < 4.78 is 1.35. The maximum absolute atomic E-state index is 2.83. The van der Waals surface area contributed by atoms with E-state index < -0.39 is 25.2 Å². The predicted molar refractivity (Wildman–Crippen MR) is 175 cm³/mol. The number of fused-ring (bicyclic) bond motifs is 12. The first-order valence-corrected chi connectivity index (χ1v) is 25.6. The first-order valence-electron chi connectivity index (χ1n) is 15.7. The molecule has 4 aromatic carbocycles. The fourth-order valence-corrected chi connectivity index (χ4v) is 24.4. The van der Waals surface area contributed by atoms with Crippen molar-refractivity contribution in [3.63, 3.8) is 0 Å². The second-order valence-electron chi connectivity index (χ2n) is 13.6. The van der Waals surface area contributed by atoms with Gasteiger partial charge in [-0.3, -0.25) is 0 Å². The summed E-state index contributed by atoms with van der Waals surface area (Å²) in [5.74, 6) is 0. The van der Waals surface area contributed by atoms with Gasteiger partial charge in [-0.05, 0) is 0 Å². The fourth-order valence-electron chi connectivity index (χ4n) is 9.04. The van der Waals surface area contributed by atoms with Gasteiger partial charge in [0.25, 0.3) is 0 Å². The molecule has 205 valence electrons. The van der Waals surface area contributed by atoms with Crippen molar-refractivity contribution in [2.75, 3.05) is 0 Å². The Hall–Kier alpha value is -2.16. The van der Waals surface area contributed by atoms with Crippen molar-refractivity contribution in [1.29, 1.82) is 0 Å². The second-order valence-corrected chi connectivity index (χ2v) is 28.4. The predicted octanol–water partition coefficient (Wildman–Crippen LogP) is 11.7. The molecule has 7 rings (SSSR count). The molecule has 4 aromatic rings. The van der Waals surface area contributed by atoms with Gasteiger partial charge in [0.05, 0.1) is 0 Å². The summed E-state index contributed by atoms with van der Waals surface area (Å²) in [6, 6.07) is 28.6. The molecule has 2 unspecified atom stereocenters. The van der Waals surface area contributed by atoms with E-state index in [-0.39, 0.29) is 0 Å². The summed E-state index contributed by atoms with van der Waals surface area (Å²) in [7, 11) is -2.08. The van der Waals surface area contributed by atoms with Crippen LogP contribution in [-0.4, -0.2) is 8.07 Å². The number of hydrogen-bond donors (Lipinski definition) is 0. The Labute approximate surface area is 246 Å². The molecule has 2 heteroatoms. The third-order valence-electron chi connectivity index (χ3n) is 10.5. The summed E-state index contributed by atoms with van der Waals surface area (Å²) >= 11 is -2.79. The first-order chi connectivity index (χ1) is 19.3. The monoisotopic (exact) mass is 621 g/mol. The van der Waals surface area contributed by atoms with E-state index in [0.717, 1.165) is 0 Å². The molecule has 3 aliphatic rings. The van der Waals surface area contributed by atoms with Crippen LogP contribution in [0.4, 0.5) is 0 Å². The van der Waals surface area contributed by atoms with Crippen molar-refractivity contribution in [3.8, 4) is 0 Å². The number of benzene rings is 4. The molecule has 0 saturated carbocycles. The van der Waals surface area contributed by atoms with Crippen LogP contribution >= 0.6 is 0 Å². The van der Waals surface area contributed by atoms with Gasteiger partial charge >= 0.3 is 247 Å². The maximum atomic E-state index is 2.83. The Morgan fingerprint density at radius 2 is 1.02 bits per heavy atom. The average molecular weight is 622 g/mol. The molecular weight excluding hydrogens is 577 g/mol. The molecule has 0 fully saturated rings. The normalized spacial score (nSPS) is 22.1. The van der Waals surface area contributed by atoms with Crippen LogP contribution in [0.5, 0.6) is 0 Å². The zero-order valence-corrected chi connectivity index (χ0v) is 28.5. The molecule has 40 heavy (non-hydrogen) atoms. The second kappa shape index (κ2) is 9.70. The van der Waals surface area contributed by atoms with Crippen molar-refractivity contribution in [2.45, 2.75) is 84.0 Å². The van der Waals surface area contributed by atoms with E-state index in [4.69, 9.17) is 0 Å². The Morgan fingerprint density at radius 3 is 1.45 bits per heavy atom. The Balaban J connectivity index is 1.64. The van der Waals surface area contributed by atoms with Crippen molar-refractivity contribution in [1.82, 2.24) is 0 Å². The molecule has 1 heterocycles. The average Bonchev–Trinajstić information content (AvgIpc) is 3.50. The van der Waals surface area contributed by atoms with E-state index in [1.54, 1.807) is 22.3 Å². The quantitative estimate of drug-likeness (QED) is 0.188. The summed E-state index contributed by atoms with van der Waals surface area (Å²) in [5.41, 5.74) is 10.5. The molecule has 0 N–H and O–H groups in total. The van der Waals surface area contributed by atoms with Gasteiger partial charge < -0.3 is 0 Å². The molecule has 0 nitrogen and oxygen atoms in total. The van der Waals surface area contributed by atoms with E-state index in [0.29, 0.717) is 8.27 Å². The van der Waals surface area contributed by atoms with Crippen LogP contribution in [0.1, 0.15) is 82.9 Å². The van der Waals surface area contributed by atoms with Crippen LogP contribution in [-0.2, 0) is 17.1 Å². The Kier molecular flexibility index (Phi) is 6.48. The van der Waals surface area contributed by atoms with Gasteiger partial charge in [0.2, 0.25) is 0 Å². The standard InChI is InChI=1S/C36H38Si.2CH3.Nb/c1-5-7-13-29-23-27-21-19-25-15-9-11-17-31(25)33(27)35(29)37(3,4)36-30(14-8-6-2)24-28-22-20-26-16-10-12-18-32(26)34(28)36;;;/h9-12,15-24H,5-8,13-14H2,1-4H3;2*1H3;. The molecule has 0 amide bonds. The molecule has 0 saturated heterocycles. The van der Waals surface area contributed by atoms with E-state index in [1.165, 1.54) is 60.1 Å². The van der Waals surface area contributed by atoms with Crippen molar-refractivity contribution in [2.24, 2.45) is 0 Å². The topological polar surface area (TPSA) is 0 Å². The van der Waals surface area contributed by atoms with E-state index in [1.807, 2.05) is 21.5 Å². The van der Waals surface area contributed by atoms with Crippen molar-refractivity contribution in [3.05, 3.63) is 106 Å². The third-order valence-corrected chi connectivity index (χ3v) is 23.6. The molecule has 2 aliphatic carbocycles. The zero-order chi connectivity index (χ0) is 27.8. The Bertz CT molecular complexity index is 1610. The van der Waals surface area contributed by atoms with Crippen LogP contribution in [0.3, 0.4) is 0 Å². The van der Waals surface area contributed by atoms with E-state index in [2.05, 4.69) is 110 Å². The fraction of sp³-hybridized carbons (Fsp3) is 0.368. The minimum atomic E-state index is -2.79. The summed E-state index contributed by atoms with van der Waals surface area (Å²) in [5, 5.41) is 15.2. The molecule has 0 spiro atoms. The molecule has 2 atom stereocenters. The minimum absolute atomic E-state index is 0.673. The first kappa shape index (κ1) is 26.7. The van der Waals surface area contributed by atoms with Gasteiger partial charge in [-0.25, -0.2) is 0 Å². The van der Waals surface area contributed by atoms with Gasteiger partial charge in [0, 0.05) is 0 Å². The molecule has 0 aromatic heterocycles. The summed E-state index contributed by atoms with van der Waals surface area (Å²) in [6.07, 6.45) is 7.75. The summed E-state index contributed by atoms with van der Waals surface area (Å²) in [4.78, 5) is 0. The number of allylic oxidation sites excluding steroid dienone is 2.